The van der Waals surface area contributed by atoms with E-state index in [-0.39, 0.29) is 29.9 Å². The van der Waals surface area contributed by atoms with Crippen molar-refractivity contribution in [3.63, 3.8) is 0 Å². The molecule has 2 atom stereocenters. The molecular formula is C31H31FN6O4. The summed E-state index contributed by atoms with van der Waals surface area (Å²) in [6.45, 7) is 6.49. The topological polar surface area (TPSA) is 117 Å². The Morgan fingerprint density at radius 2 is 2.05 bits per heavy atom. The van der Waals surface area contributed by atoms with Gasteiger partial charge in [0.2, 0.25) is 5.88 Å². The first-order chi connectivity index (χ1) is 20.4. The third-order valence-corrected chi connectivity index (χ3v) is 7.95. The molecule has 2 aliphatic heterocycles. The van der Waals surface area contributed by atoms with Crippen LogP contribution in [-0.2, 0) is 24.4 Å². The number of hydrogen-bond donors (Lipinski definition) is 1. The first kappa shape index (κ1) is 27.6. The van der Waals surface area contributed by atoms with E-state index in [1.165, 1.54) is 6.07 Å². The molecule has 0 radical (unpaired) electrons. The number of ether oxygens (including phenoxy) is 2. The third kappa shape index (κ3) is 5.77. The van der Waals surface area contributed by atoms with Crippen molar-refractivity contribution in [2.24, 2.45) is 0 Å². The highest BCUT2D eigenvalue weighted by molar-refractivity contribution is 5.92. The Morgan fingerprint density at radius 3 is 2.76 bits per heavy atom. The van der Waals surface area contributed by atoms with Crippen molar-refractivity contribution in [3.8, 4) is 11.9 Å². The predicted molar refractivity (Wildman–Crippen MR) is 153 cm³/mol. The van der Waals surface area contributed by atoms with Crippen molar-refractivity contribution in [3.05, 3.63) is 82.9 Å². The number of carboxylic acids is 1. The van der Waals surface area contributed by atoms with E-state index in [2.05, 4.69) is 26.3 Å². The molecule has 6 rings (SSSR count). The molecule has 10 nitrogen and oxygen atoms in total. The maximum absolute atomic E-state index is 14.3. The van der Waals surface area contributed by atoms with Crippen LogP contribution in [0.2, 0.25) is 0 Å². The van der Waals surface area contributed by atoms with Gasteiger partial charge in [0.15, 0.2) is 0 Å². The standard InChI is InChI=1S/C31H31FN6O4/c1-20-16-37(28-3-2-4-30(35-28)42-19-23-6-5-21(15-33)13-25(23)32)11-10-36(20)18-29-34-26-8-7-22(31(39)40)14-27(26)38(29)17-24-9-12-41-24/h2-8,13-14,20,24H,9-12,16-19H2,1H3,(H,39,40)/t20-,24-/m0/s1. The van der Waals surface area contributed by atoms with Crippen LogP contribution in [0.1, 0.15) is 40.7 Å². The number of anilines is 1. The van der Waals surface area contributed by atoms with Crippen molar-refractivity contribution in [1.82, 2.24) is 19.4 Å². The summed E-state index contributed by atoms with van der Waals surface area (Å²) in [4.78, 5) is 25.8. The second-order valence-electron chi connectivity index (χ2n) is 10.7. The molecule has 0 spiro atoms. The van der Waals surface area contributed by atoms with E-state index in [9.17, 15) is 14.3 Å². The summed E-state index contributed by atoms with van der Waals surface area (Å²) in [6, 6.07) is 17.1. The first-order valence-corrected chi connectivity index (χ1v) is 14.0. The highest BCUT2D eigenvalue weighted by atomic mass is 19.1. The molecule has 2 fully saturated rings. The molecule has 42 heavy (non-hydrogen) atoms. The molecule has 0 amide bonds. The summed E-state index contributed by atoms with van der Waals surface area (Å²) in [5.74, 6) is 0.646. The number of aromatic carboxylic acids is 1. The largest absolute Gasteiger partial charge is 0.478 e. The zero-order valence-electron chi connectivity index (χ0n) is 23.2. The van der Waals surface area contributed by atoms with Crippen LogP contribution in [-0.4, -0.2) is 68.9 Å². The molecule has 4 heterocycles. The van der Waals surface area contributed by atoms with Crippen LogP contribution >= 0.6 is 0 Å². The lowest BCUT2D eigenvalue weighted by Gasteiger charge is -2.40. The summed E-state index contributed by atoms with van der Waals surface area (Å²) < 4.78 is 27.9. The lowest BCUT2D eigenvalue weighted by Crippen LogP contribution is -2.52. The molecule has 216 valence electrons. The number of carbonyl (C=O) groups is 1. The monoisotopic (exact) mass is 570 g/mol. The fourth-order valence-electron chi connectivity index (χ4n) is 5.43. The van der Waals surface area contributed by atoms with Crippen LogP contribution in [0.4, 0.5) is 10.2 Å². The van der Waals surface area contributed by atoms with Crippen molar-refractivity contribution in [2.45, 2.75) is 45.2 Å². The third-order valence-electron chi connectivity index (χ3n) is 7.95. The van der Waals surface area contributed by atoms with E-state index in [4.69, 9.17) is 19.7 Å². The highest BCUT2D eigenvalue weighted by Gasteiger charge is 2.28. The molecule has 4 aromatic rings. The van der Waals surface area contributed by atoms with E-state index >= 15 is 0 Å². The van der Waals surface area contributed by atoms with Crippen LogP contribution in [0.25, 0.3) is 11.0 Å². The number of hydrogen-bond acceptors (Lipinski definition) is 8. The fourth-order valence-corrected chi connectivity index (χ4v) is 5.43. The Morgan fingerprint density at radius 1 is 1.19 bits per heavy atom. The average Bonchev–Trinajstić information content (AvgIpc) is 3.31. The lowest BCUT2D eigenvalue weighted by atomic mass is 10.1. The van der Waals surface area contributed by atoms with Crippen LogP contribution in [0.3, 0.4) is 0 Å². The van der Waals surface area contributed by atoms with Crippen LogP contribution in [0.15, 0.2) is 54.6 Å². The molecule has 2 aromatic carbocycles. The minimum atomic E-state index is -0.958. The SMILES string of the molecule is C[C@H]1CN(c2cccc(OCc3ccc(C#N)cc3F)n2)CCN1Cc1nc2ccc(C(=O)O)cc2n1C[C@@H]1CCO1. The molecule has 0 aliphatic carbocycles. The maximum atomic E-state index is 14.3. The quantitative estimate of drug-likeness (QED) is 0.316. The van der Waals surface area contributed by atoms with Gasteiger partial charge in [0.05, 0.1) is 47.4 Å². The van der Waals surface area contributed by atoms with Gasteiger partial charge < -0.3 is 24.0 Å². The smallest absolute Gasteiger partial charge is 0.335 e. The Bertz CT molecular complexity index is 1660. The van der Waals surface area contributed by atoms with Crippen molar-refractivity contribution in [2.75, 3.05) is 31.1 Å². The van der Waals surface area contributed by atoms with Gasteiger partial charge in [-0.15, -0.1) is 0 Å². The number of benzene rings is 2. The fraction of sp³-hybridized carbons (Fsp3) is 0.355. The van der Waals surface area contributed by atoms with E-state index < -0.39 is 11.8 Å². The van der Waals surface area contributed by atoms with E-state index in [0.29, 0.717) is 24.5 Å². The Hall–Kier alpha value is -4.53. The van der Waals surface area contributed by atoms with Crippen molar-refractivity contribution < 1.29 is 23.8 Å². The van der Waals surface area contributed by atoms with Gasteiger partial charge in [-0.1, -0.05) is 12.1 Å². The van der Waals surface area contributed by atoms with Crippen LogP contribution in [0.5, 0.6) is 5.88 Å². The zero-order chi connectivity index (χ0) is 29.2. The first-order valence-electron chi connectivity index (χ1n) is 14.0. The van der Waals surface area contributed by atoms with Gasteiger partial charge in [0, 0.05) is 43.9 Å². The minimum Gasteiger partial charge on any atom is -0.478 e. The molecule has 2 aromatic heterocycles. The van der Waals surface area contributed by atoms with Crippen LogP contribution in [0, 0.1) is 17.1 Å². The molecule has 0 saturated carbocycles. The number of fused-ring (bicyclic) bond motifs is 1. The number of piperazine rings is 1. The van der Waals surface area contributed by atoms with Gasteiger partial charge in [-0.25, -0.2) is 14.2 Å². The van der Waals surface area contributed by atoms with Gasteiger partial charge in [0.25, 0.3) is 0 Å². The normalized spacial score (nSPS) is 18.9. The molecular weight excluding hydrogens is 539 g/mol. The van der Waals surface area contributed by atoms with E-state index in [0.717, 1.165) is 55.3 Å². The molecule has 0 bridgehead atoms. The van der Waals surface area contributed by atoms with E-state index in [1.807, 2.05) is 18.2 Å². The van der Waals surface area contributed by atoms with Gasteiger partial charge in [-0.3, -0.25) is 4.90 Å². The van der Waals surface area contributed by atoms with Gasteiger partial charge in [-0.05, 0) is 49.7 Å². The average molecular weight is 571 g/mol. The van der Waals surface area contributed by atoms with Gasteiger partial charge in [0.1, 0.15) is 24.1 Å². The number of pyridine rings is 1. The van der Waals surface area contributed by atoms with Gasteiger partial charge >= 0.3 is 5.97 Å². The second kappa shape index (κ2) is 11.8. The molecule has 2 saturated heterocycles. The summed E-state index contributed by atoms with van der Waals surface area (Å²) in [5.41, 5.74) is 2.46. The molecule has 11 heteroatoms. The number of nitriles is 1. The number of halogens is 1. The Balaban J connectivity index is 1.13. The summed E-state index contributed by atoms with van der Waals surface area (Å²) in [7, 11) is 0. The maximum Gasteiger partial charge on any atom is 0.335 e. The molecule has 2 aliphatic rings. The number of carboxylic acid groups (broad SMARTS) is 1. The second-order valence-corrected chi connectivity index (χ2v) is 10.7. The van der Waals surface area contributed by atoms with Crippen molar-refractivity contribution >= 4 is 22.8 Å². The minimum absolute atomic E-state index is 0.0129. The highest BCUT2D eigenvalue weighted by Crippen LogP contribution is 2.26. The van der Waals surface area contributed by atoms with E-state index in [1.54, 1.807) is 36.4 Å². The lowest BCUT2D eigenvalue weighted by molar-refractivity contribution is -0.0592. The number of nitrogens with zero attached hydrogens (tertiary/aromatic N) is 6. The molecule has 0 unspecified atom stereocenters. The summed E-state index contributed by atoms with van der Waals surface area (Å²) >= 11 is 0. The summed E-state index contributed by atoms with van der Waals surface area (Å²) in [6.07, 6.45) is 1.09. The Labute approximate surface area is 242 Å². The van der Waals surface area contributed by atoms with Crippen molar-refractivity contribution in [1.29, 1.82) is 5.26 Å². The molecule has 1 N–H and O–H groups in total. The van der Waals surface area contributed by atoms with Gasteiger partial charge in [-0.2, -0.15) is 10.2 Å². The predicted octanol–water partition coefficient (Wildman–Crippen LogP) is 4.22. The summed E-state index contributed by atoms with van der Waals surface area (Å²) in [5, 5.41) is 18.5. The van der Waals surface area contributed by atoms with Crippen LogP contribution < -0.4 is 9.64 Å². The zero-order valence-corrected chi connectivity index (χ0v) is 23.2. The number of rotatable bonds is 9. The number of aromatic nitrogens is 3. The Kier molecular flexibility index (Phi) is 7.73. The number of imidazole rings is 1.